The molecule has 1 saturated heterocycles. The molecule has 0 bridgehead atoms. The van der Waals surface area contributed by atoms with Gasteiger partial charge in [-0.2, -0.15) is 4.31 Å². The summed E-state index contributed by atoms with van der Waals surface area (Å²) in [5.74, 6) is -2.42. The lowest BCUT2D eigenvalue weighted by molar-refractivity contribution is 0.452. The number of hydrogen-bond donors (Lipinski definition) is 1. The van der Waals surface area contributed by atoms with Gasteiger partial charge in [-0.05, 0) is 37.1 Å². The van der Waals surface area contributed by atoms with Gasteiger partial charge >= 0.3 is 0 Å². The van der Waals surface area contributed by atoms with Crippen molar-refractivity contribution in [3.05, 3.63) is 29.3 Å². The summed E-state index contributed by atoms with van der Waals surface area (Å²) in [5.41, 5.74) is 0.420. The molecule has 0 spiro atoms. The van der Waals surface area contributed by atoms with Crippen molar-refractivity contribution in [3.63, 3.8) is 0 Å². The van der Waals surface area contributed by atoms with E-state index in [1.807, 2.05) is 6.92 Å². The first-order chi connectivity index (χ1) is 9.46. The Morgan fingerprint density at radius 2 is 1.90 bits per heavy atom. The van der Waals surface area contributed by atoms with Crippen molar-refractivity contribution in [2.24, 2.45) is 0 Å². The first kappa shape index (κ1) is 15.3. The molecule has 0 radical (unpaired) electrons. The van der Waals surface area contributed by atoms with Gasteiger partial charge in [-0.25, -0.2) is 17.2 Å². The van der Waals surface area contributed by atoms with Crippen molar-refractivity contribution in [1.29, 1.82) is 0 Å². The second-order valence-corrected chi connectivity index (χ2v) is 6.69. The van der Waals surface area contributed by atoms with E-state index in [2.05, 4.69) is 5.32 Å². The van der Waals surface area contributed by atoms with Crippen LogP contribution in [0.5, 0.6) is 0 Å². The molecule has 0 amide bonds. The predicted octanol–water partition coefficient (Wildman–Crippen LogP) is 1.86. The van der Waals surface area contributed by atoms with Gasteiger partial charge in [-0.1, -0.05) is 6.92 Å². The lowest BCUT2D eigenvalue weighted by atomic mass is 10.2. The summed E-state index contributed by atoms with van der Waals surface area (Å²) >= 11 is 0. The molecule has 1 aliphatic heterocycles. The van der Waals surface area contributed by atoms with E-state index < -0.39 is 26.6 Å². The van der Waals surface area contributed by atoms with Crippen LogP contribution in [-0.2, 0) is 16.6 Å². The molecule has 0 aromatic heterocycles. The second-order valence-electron chi connectivity index (χ2n) is 4.78. The number of nitrogens with zero attached hydrogens (tertiary/aromatic N) is 1. The highest BCUT2D eigenvalue weighted by molar-refractivity contribution is 7.89. The monoisotopic (exact) mass is 304 g/mol. The molecule has 4 nitrogen and oxygen atoms in total. The van der Waals surface area contributed by atoms with Crippen molar-refractivity contribution < 1.29 is 17.2 Å². The zero-order chi connectivity index (χ0) is 14.8. The summed E-state index contributed by atoms with van der Waals surface area (Å²) in [6.45, 7) is 3.56. The van der Waals surface area contributed by atoms with Gasteiger partial charge in [-0.15, -0.1) is 0 Å². The smallest absolute Gasteiger partial charge is 0.246 e. The maximum absolute atomic E-state index is 13.9. The first-order valence-electron chi connectivity index (χ1n) is 6.65. The largest absolute Gasteiger partial charge is 0.313 e. The van der Waals surface area contributed by atoms with E-state index in [4.69, 9.17) is 0 Å². The average molecular weight is 304 g/mol. The Kier molecular flexibility index (Phi) is 4.72. The predicted molar refractivity (Wildman–Crippen MR) is 71.7 cm³/mol. The summed E-state index contributed by atoms with van der Waals surface area (Å²) < 4.78 is 53.3. The molecule has 1 fully saturated rings. The fourth-order valence-corrected chi connectivity index (χ4v) is 3.89. The van der Waals surface area contributed by atoms with E-state index in [0.29, 0.717) is 31.7 Å². The topological polar surface area (TPSA) is 49.4 Å². The van der Waals surface area contributed by atoms with Gasteiger partial charge in [0.15, 0.2) is 11.6 Å². The molecular formula is C13H18F2N2O2S. The van der Waals surface area contributed by atoms with Crippen LogP contribution in [0.4, 0.5) is 8.78 Å². The second kappa shape index (κ2) is 6.15. The number of nitrogens with one attached hydrogen (secondary N) is 1. The standard InChI is InChI=1S/C13H18F2N2O2S/c1-2-16-9-10-7-11(14)13(15)12(8-10)20(18,19)17-5-3-4-6-17/h7-8,16H,2-6,9H2,1H3. The van der Waals surface area contributed by atoms with Crippen LogP contribution in [0, 0.1) is 11.6 Å². The molecule has 1 aromatic carbocycles. The summed E-state index contributed by atoms with van der Waals surface area (Å²) in [4.78, 5) is -0.563. The molecule has 0 aliphatic carbocycles. The summed E-state index contributed by atoms with van der Waals surface area (Å²) in [5, 5.41) is 2.96. The first-order valence-corrected chi connectivity index (χ1v) is 8.09. The van der Waals surface area contributed by atoms with Crippen LogP contribution in [0.2, 0.25) is 0 Å². The molecule has 20 heavy (non-hydrogen) atoms. The van der Waals surface area contributed by atoms with E-state index in [1.54, 1.807) is 0 Å². The highest BCUT2D eigenvalue weighted by Crippen LogP contribution is 2.25. The fraction of sp³-hybridized carbons (Fsp3) is 0.538. The van der Waals surface area contributed by atoms with Gasteiger partial charge < -0.3 is 5.32 Å². The minimum absolute atomic E-state index is 0.302. The van der Waals surface area contributed by atoms with E-state index in [1.165, 1.54) is 10.4 Å². The lowest BCUT2D eigenvalue weighted by Gasteiger charge is -2.17. The molecule has 112 valence electrons. The van der Waals surface area contributed by atoms with Gasteiger partial charge in [0, 0.05) is 19.6 Å². The Balaban J connectivity index is 2.41. The number of rotatable bonds is 5. The van der Waals surface area contributed by atoms with Crippen LogP contribution in [0.1, 0.15) is 25.3 Å². The minimum atomic E-state index is -3.95. The van der Waals surface area contributed by atoms with Crippen LogP contribution in [-0.4, -0.2) is 32.4 Å². The Bertz CT molecular complexity index is 584. The van der Waals surface area contributed by atoms with E-state index in [-0.39, 0.29) is 0 Å². The molecule has 0 unspecified atom stereocenters. The molecule has 1 aliphatic rings. The molecule has 0 atom stereocenters. The summed E-state index contributed by atoms with van der Waals surface area (Å²) in [6.07, 6.45) is 1.50. The summed E-state index contributed by atoms with van der Waals surface area (Å²) in [7, 11) is -3.95. The lowest BCUT2D eigenvalue weighted by Crippen LogP contribution is -2.29. The molecule has 1 heterocycles. The number of benzene rings is 1. The Morgan fingerprint density at radius 1 is 1.25 bits per heavy atom. The van der Waals surface area contributed by atoms with Crippen LogP contribution in [0.25, 0.3) is 0 Å². The zero-order valence-corrected chi connectivity index (χ0v) is 12.1. The average Bonchev–Trinajstić information content (AvgIpc) is 2.94. The van der Waals surface area contributed by atoms with E-state index in [9.17, 15) is 17.2 Å². The van der Waals surface area contributed by atoms with Gasteiger partial charge in [0.2, 0.25) is 10.0 Å². The third-order valence-corrected chi connectivity index (χ3v) is 5.21. The van der Waals surface area contributed by atoms with Crippen molar-refractivity contribution in [1.82, 2.24) is 9.62 Å². The minimum Gasteiger partial charge on any atom is -0.313 e. The number of sulfonamides is 1. The van der Waals surface area contributed by atoms with Crippen molar-refractivity contribution in [2.45, 2.75) is 31.2 Å². The van der Waals surface area contributed by atoms with Crippen molar-refractivity contribution in [3.8, 4) is 0 Å². The summed E-state index contributed by atoms with van der Waals surface area (Å²) in [6, 6.07) is 2.25. The van der Waals surface area contributed by atoms with E-state index >= 15 is 0 Å². The highest BCUT2D eigenvalue weighted by atomic mass is 32.2. The normalized spacial score (nSPS) is 16.8. The third-order valence-electron chi connectivity index (χ3n) is 3.32. The SMILES string of the molecule is CCNCc1cc(F)c(F)c(S(=O)(=O)N2CCCC2)c1. The van der Waals surface area contributed by atoms with Gasteiger partial charge in [-0.3, -0.25) is 0 Å². The van der Waals surface area contributed by atoms with Crippen LogP contribution >= 0.6 is 0 Å². The number of hydrogen-bond acceptors (Lipinski definition) is 3. The van der Waals surface area contributed by atoms with Crippen LogP contribution < -0.4 is 5.32 Å². The van der Waals surface area contributed by atoms with Gasteiger partial charge in [0.05, 0.1) is 0 Å². The maximum Gasteiger partial charge on any atom is 0.246 e. The molecule has 7 heteroatoms. The fourth-order valence-electron chi connectivity index (χ4n) is 2.24. The highest BCUT2D eigenvalue weighted by Gasteiger charge is 2.31. The molecule has 1 N–H and O–H groups in total. The van der Waals surface area contributed by atoms with Gasteiger partial charge in [0.1, 0.15) is 4.90 Å². The Labute approximate surface area is 117 Å². The third kappa shape index (κ3) is 2.99. The van der Waals surface area contributed by atoms with Gasteiger partial charge in [0.25, 0.3) is 0 Å². The Hall–Kier alpha value is -1.05. The van der Waals surface area contributed by atoms with Crippen molar-refractivity contribution >= 4 is 10.0 Å². The van der Waals surface area contributed by atoms with Crippen LogP contribution in [0.15, 0.2) is 17.0 Å². The quantitative estimate of drug-likeness (QED) is 0.903. The molecule has 2 rings (SSSR count). The van der Waals surface area contributed by atoms with Crippen LogP contribution in [0.3, 0.4) is 0 Å². The van der Waals surface area contributed by atoms with E-state index in [0.717, 1.165) is 18.9 Å². The molecule has 0 saturated carbocycles. The maximum atomic E-state index is 13.9. The zero-order valence-electron chi connectivity index (χ0n) is 11.3. The molecule has 1 aromatic rings. The molecular weight excluding hydrogens is 286 g/mol. The Morgan fingerprint density at radius 3 is 2.50 bits per heavy atom. The van der Waals surface area contributed by atoms with Crippen molar-refractivity contribution in [2.75, 3.05) is 19.6 Å². The number of halogens is 2.